The van der Waals surface area contributed by atoms with Crippen LogP contribution in [0, 0.1) is 6.92 Å². The van der Waals surface area contributed by atoms with Crippen molar-refractivity contribution in [3.8, 4) is 11.6 Å². The van der Waals surface area contributed by atoms with Gasteiger partial charge < -0.3 is 9.52 Å². The minimum Gasteiger partial charge on any atom is -0.478 e. The number of rotatable bonds is 2. The molecule has 0 atom stereocenters. The van der Waals surface area contributed by atoms with Crippen LogP contribution in [-0.4, -0.2) is 20.5 Å². The van der Waals surface area contributed by atoms with Gasteiger partial charge in [-0.1, -0.05) is 11.6 Å². The quantitative estimate of drug-likeness (QED) is 0.780. The molecule has 1 N–H and O–H groups in total. The Balaban J connectivity index is 2.29. The molecule has 3 rings (SSSR count). The number of aromatic nitrogens is 2. The summed E-state index contributed by atoms with van der Waals surface area (Å²) in [4.78, 5) is 15.2. The first-order valence-electron chi connectivity index (χ1n) is 5.54. The lowest BCUT2D eigenvalue weighted by molar-refractivity contribution is 0.0696. The third-order valence-corrected chi connectivity index (χ3v) is 3.08. The maximum Gasteiger partial charge on any atom is 0.337 e. The molecule has 0 radical (unpaired) electrons. The van der Waals surface area contributed by atoms with Crippen LogP contribution in [-0.2, 0) is 0 Å². The Morgan fingerprint density at radius 2 is 2.16 bits per heavy atom. The normalized spacial score (nSPS) is 11.1. The van der Waals surface area contributed by atoms with E-state index in [-0.39, 0.29) is 5.56 Å². The van der Waals surface area contributed by atoms with Gasteiger partial charge in [0.2, 0.25) is 0 Å². The van der Waals surface area contributed by atoms with Crippen molar-refractivity contribution in [1.29, 1.82) is 0 Å². The monoisotopic (exact) mass is 276 g/mol. The maximum absolute atomic E-state index is 11.0. The standard InChI is InChI=1S/C13H9ClN2O3/c1-7-2-5-10(19-7)12-15-11(14)9-4-3-8(13(17)18)6-16(9)12/h2-6H,1H3,(H,17,18). The lowest BCUT2D eigenvalue weighted by atomic mass is 10.3. The number of halogens is 1. The molecule has 0 unspecified atom stereocenters. The van der Waals surface area contributed by atoms with Gasteiger partial charge in [0.25, 0.3) is 0 Å². The fraction of sp³-hybridized carbons (Fsp3) is 0.0769. The lowest BCUT2D eigenvalue weighted by Crippen LogP contribution is -1.99. The SMILES string of the molecule is Cc1ccc(-c2nc(Cl)c3ccc(C(=O)O)cn23)o1. The predicted octanol–water partition coefficient (Wildman–Crippen LogP) is 3.25. The van der Waals surface area contributed by atoms with Crippen molar-refractivity contribution in [3.05, 3.63) is 46.9 Å². The van der Waals surface area contributed by atoms with Crippen LogP contribution in [0.5, 0.6) is 0 Å². The number of pyridine rings is 1. The molecule has 0 aliphatic heterocycles. The van der Waals surface area contributed by atoms with Gasteiger partial charge in [0, 0.05) is 6.20 Å². The maximum atomic E-state index is 11.0. The molecule has 0 aromatic carbocycles. The van der Waals surface area contributed by atoms with Crippen LogP contribution < -0.4 is 0 Å². The molecule has 96 valence electrons. The van der Waals surface area contributed by atoms with Gasteiger partial charge in [-0.2, -0.15) is 0 Å². The molecule has 3 aromatic rings. The van der Waals surface area contributed by atoms with Crippen LogP contribution in [0.1, 0.15) is 16.1 Å². The number of carboxylic acid groups (broad SMARTS) is 1. The van der Waals surface area contributed by atoms with Gasteiger partial charge >= 0.3 is 5.97 Å². The summed E-state index contributed by atoms with van der Waals surface area (Å²) in [5.41, 5.74) is 0.793. The van der Waals surface area contributed by atoms with Crippen LogP contribution >= 0.6 is 11.6 Å². The first kappa shape index (κ1) is 11.8. The second-order valence-electron chi connectivity index (χ2n) is 4.11. The van der Waals surface area contributed by atoms with E-state index >= 15 is 0 Å². The molecule has 0 bridgehead atoms. The molecule has 0 fully saturated rings. The highest BCUT2D eigenvalue weighted by atomic mass is 35.5. The molecule has 0 aliphatic carbocycles. The summed E-state index contributed by atoms with van der Waals surface area (Å²) in [5, 5.41) is 9.33. The van der Waals surface area contributed by atoms with Crippen molar-refractivity contribution in [3.63, 3.8) is 0 Å². The topological polar surface area (TPSA) is 67.7 Å². The predicted molar refractivity (Wildman–Crippen MR) is 69.6 cm³/mol. The average molecular weight is 277 g/mol. The van der Waals surface area contributed by atoms with Crippen molar-refractivity contribution in [2.45, 2.75) is 6.92 Å². The highest BCUT2D eigenvalue weighted by Crippen LogP contribution is 2.27. The molecule has 0 amide bonds. The molecule has 3 aromatic heterocycles. The summed E-state index contributed by atoms with van der Waals surface area (Å²) in [6, 6.07) is 6.69. The van der Waals surface area contributed by atoms with E-state index in [1.807, 2.05) is 13.0 Å². The Morgan fingerprint density at radius 3 is 2.79 bits per heavy atom. The van der Waals surface area contributed by atoms with E-state index in [1.165, 1.54) is 12.3 Å². The smallest absolute Gasteiger partial charge is 0.337 e. The summed E-state index contributed by atoms with van der Waals surface area (Å²) < 4.78 is 7.12. The Bertz CT molecular complexity index is 788. The van der Waals surface area contributed by atoms with E-state index in [0.717, 1.165) is 5.76 Å². The molecule has 19 heavy (non-hydrogen) atoms. The minimum absolute atomic E-state index is 0.158. The summed E-state index contributed by atoms with van der Waals surface area (Å²) in [6.45, 7) is 1.82. The highest BCUT2D eigenvalue weighted by molar-refractivity contribution is 6.32. The molecule has 6 heteroatoms. The molecule has 0 aliphatic rings. The van der Waals surface area contributed by atoms with Gasteiger partial charge in [-0.25, -0.2) is 9.78 Å². The highest BCUT2D eigenvalue weighted by Gasteiger charge is 2.15. The van der Waals surface area contributed by atoms with Crippen LogP contribution in [0.3, 0.4) is 0 Å². The molecule has 3 heterocycles. The number of nitrogens with zero attached hydrogens (tertiary/aromatic N) is 2. The van der Waals surface area contributed by atoms with Crippen molar-refractivity contribution in [2.75, 3.05) is 0 Å². The van der Waals surface area contributed by atoms with Crippen LogP contribution in [0.15, 0.2) is 34.9 Å². The number of carboxylic acids is 1. The zero-order valence-electron chi connectivity index (χ0n) is 9.92. The third-order valence-electron chi connectivity index (χ3n) is 2.80. The number of fused-ring (bicyclic) bond motifs is 1. The van der Waals surface area contributed by atoms with Crippen LogP contribution in [0.2, 0.25) is 5.15 Å². The third kappa shape index (κ3) is 1.88. The summed E-state index contributed by atoms with van der Waals surface area (Å²) in [5.74, 6) is 0.767. The lowest BCUT2D eigenvalue weighted by Gasteiger charge is -2.00. The Hall–Kier alpha value is -2.27. The van der Waals surface area contributed by atoms with Crippen LogP contribution in [0.25, 0.3) is 17.1 Å². The van der Waals surface area contributed by atoms with Crippen molar-refractivity contribution < 1.29 is 14.3 Å². The number of carbonyl (C=O) groups is 1. The van der Waals surface area contributed by atoms with Crippen molar-refractivity contribution >= 4 is 23.1 Å². The fourth-order valence-corrected chi connectivity index (χ4v) is 2.14. The minimum atomic E-state index is -1.01. The van der Waals surface area contributed by atoms with Crippen molar-refractivity contribution in [2.24, 2.45) is 0 Å². The molecular formula is C13H9ClN2O3. The van der Waals surface area contributed by atoms with E-state index < -0.39 is 5.97 Å². The second kappa shape index (κ2) is 4.13. The van der Waals surface area contributed by atoms with Gasteiger partial charge in [0.15, 0.2) is 16.7 Å². The van der Waals surface area contributed by atoms with E-state index in [9.17, 15) is 4.79 Å². The number of imidazole rings is 1. The van der Waals surface area contributed by atoms with Gasteiger partial charge in [-0.3, -0.25) is 4.40 Å². The molecule has 0 saturated heterocycles. The van der Waals surface area contributed by atoms with E-state index in [0.29, 0.717) is 22.3 Å². The van der Waals surface area contributed by atoms with Crippen LogP contribution in [0.4, 0.5) is 0 Å². The molecular weight excluding hydrogens is 268 g/mol. The van der Waals surface area contributed by atoms with E-state index in [4.69, 9.17) is 21.1 Å². The number of furan rings is 1. The first-order chi connectivity index (χ1) is 9.06. The fourth-order valence-electron chi connectivity index (χ4n) is 1.90. The van der Waals surface area contributed by atoms with Gasteiger partial charge in [0.05, 0.1) is 11.1 Å². The van der Waals surface area contributed by atoms with Gasteiger partial charge in [-0.05, 0) is 31.2 Å². The largest absolute Gasteiger partial charge is 0.478 e. The molecule has 0 saturated carbocycles. The molecule has 5 nitrogen and oxygen atoms in total. The number of aromatic carboxylic acids is 1. The summed E-state index contributed by atoms with van der Waals surface area (Å²) in [7, 11) is 0. The zero-order valence-corrected chi connectivity index (χ0v) is 10.7. The molecule has 0 spiro atoms. The average Bonchev–Trinajstić information content (AvgIpc) is 2.93. The van der Waals surface area contributed by atoms with E-state index in [1.54, 1.807) is 16.5 Å². The number of hydrogen-bond donors (Lipinski definition) is 1. The first-order valence-corrected chi connectivity index (χ1v) is 5.92. The second-order valence-corrected chi connectivity index (χ2v) is 4.47. The number of aryl methyl sites for hydroxylation is 1. The van der Waals surface area contributed by atoms with Gasteiger partial charge in [0.1, 0.15) is 5.76 Å². The Labute approximate surface area is 113 Å². The Kier molecular flexibility index (Phi) is 2.57. The summed E-state index contributed by atoms with van der Waals surface area (Å²) >= 11 is 6.05. The summed E-state index contributed by atoms with van der Waals surface area (Å²) in [6.07, 6.45) is 1.48. The van der Waals surface area contributed by atoms with E-state index in [2.05, 4.69) is 4.98 Å². The van der Waals surface area contributed by atoms with Crippen molar-refractivity contribution in [1.82, 2.24) is 9.38 Å². The van der Waals surface area contributed by atoms with Gasteiger partial charge in [-0.15, -0.1) is 0 Å². The zero-order chi connectivity index (χ0) is 13.6. The Morgan fingerprint density at radius 1 is 1.37 bits per heavy atom. The number of hydrogen-bond acceptors (Lipinski definition) is 3.